The van der Waals surface area contributed by atoms with E-state index in [4.69, 9.17) is 17.0 Å². The largest absolute Gasteiger partial charge is 0.497 e. The SMILES string of the molecule is CC.COc1ccc(/C=C2\SC(=S)N(CCCC(=O)NC3=CC4=CC4CCC3)C2=O)cc1. The first-order chi connectivity index (χ1) is 15.5. The summed E-state index contributed by atoms with van der Waals surface area (Å²) >= 11 is 6.69. The molecule has 1 fully saturated rings. The van der Waals surface area contributed by atoms with Crippen LogP contribution in [-0.2, 0) is 9.59 Å². The van der Waals surface area contributed by atoms with Crippen LogP contribution in [0.25, 0.3) is 6.08 Å². The number of carbonyl (C=O) groups is 2. The molecule has 0 saturated carbocycles. The number of amides is 2. The van der Waals surface area contributed by atoms with Gasteiger partial charge in [0.2, 0.25) is 5.91 Å². The molecule has 2 amide bonds. The van der Waals surface area contributed by atoms with Crippen molar-refractivity contribution in [2.24, 2.45) is 5.92 Å². The number of thiocarbonyl (C=S) groups is 1. The van der Waals surface area contributed by atoms with Crippen molar-refractivity contribution in [3.63, 3.8) is 0 Å². The monoisotopic (exact) mass is 470 g/mol. The summed E-state index contributed by atoms with van der Waals surface area (Å²) in [6.45, 7) is 4.45. The highest BCUT2D eigenvalue weighted by molar-refractivity contribution is 8.26. The smallest absolute Gasteiger partial charge is 0.266 e. The van der Waals surface area contributed by atoms with Gasteiger partial charge < -0.3 is 10.1 Å². The van der Waals surface area contributed by atoms with Crippen LogP contribution in [-0.4, -0.2) is 34.7 Å². The maximum absolute atomic E-state index is 12.7. The summed E-state index contributed by atoms with van der Waals surface area (Å²) in [5, 5.41) is 3.03. The lowest BCUT2D eigenvalue weighted by Crippen LogP contribution is -2.30. The number of hydrogen-bond acceptors (Lipinski definition) is 5. The quantitative estimate of drug-likeness (QED) is 0.425. The number of benzene rings is 1. The van der Waals surface area contributed by atoms with E-state index in [1.807, 2.05) is 44.2 Å². The molecule has 2 aliphatic carbocycles. The molecule has 5 nitrogen and oxygen atoms in total. The van der Waals surface area contributed by atoms with Crippen LogP contribution in [0, 0.1) is 5.92 Å². The first-order valence-electron chi connectivity index (χ1n) is 11.1. The average Bonchev–Trinajstić information content (AvgIpc) is 3.51. The lowest BCUT2D eigenvalue weighted by Gasteiger charge is -2.14. The molecule has 1 N–H and O–H groups in total. The molecule has 7 heteroatoms. The van der Waals surface area contributed by atoms with E-state index in [1.54, 1.807) is 12.0 Å². The van der Waals surface area contributed by atoms with Gasteiger partial charge in [-0.05, 0) is 61.1 Å². The molecule has 0 spiro atoms. The van der Waals surface area contributed by atoms with Crippen molar-refractivity contribution in [2.75, 3.05) is 13.7 Å². The minimum absolute atomic E-state index is 0.000153. The van der Waals surface area contributed by atoms with E-state index in [-0.39, 0.29) is 11.8 Å². The highest BCUT2D eigenvalue weighted by atomic mass is 32.2. The number of nitrogens with zero attached hydrogens (tertiary/aromatic N) is 1. The zero-order valence-electron chi connectivity index (χ0n) is 18.8. The first-order valence-corrected chi connectivity index (χ1v) is 12.4. The molecular formula is C25H30N2O3S2. The first kappa shape index (κ1) is 24.3. The van der Waals surface area contributed by atoms with Crippen LogP contribution >= 0.6 is 24.0 Å². The number of ether oxygens (including phenoxy) is 1. The normalized spacial score (nSPS) is 20.5. The summed E-state index contributed by atoms with van der Waals surface area (Å²) in [6, 6.07) is 7.51. The van der Waals surface area contributed by atoms with Gasteiger partial charge in [-0.15, -0.1) is 0 Å². The third kappa shape index (κ3) is 6.33. The van der Waals surface area contributed by atoms with Gasteiger partial charge in [-0.3, -0.25) is 14.5 Å². The van der Waals surface area contributed by atoms with Crippen molar-refractivity contribution in [1.82, 2.24) is 10.2 Å². The summed E-state index contributed by atoms with van der Waals surface area (Å²) < 4.78 is 5.70. The zero-order valence-corrected chi connectivity index (χ0v) is 20.5. The molecule has 1 aliphatic heterocycles. The number of thioether (sulfide) groups is 1. The van der Waals surface area contributed by atoms with Crippen molar-refractivity contribution in [2.45, 2.75) is 46.0 Å². The predicted octanol–water partition coefficient (Wildman–Crippen LogP) is 5.44. The van der Waals surface area contributed by atoms with Crippen LogP contribution < -0.4 is 10.1 Å². The van der Waals surface area contributed by atoms with E-state index < -0.39 is 0 Å². The second-order valence-electron chi connectivity index (χ2n) is 7.59. The number of carbonyl (C=O) groups excluding carboxylic acids is 2. The van der Waals surface area contributed by atoms with E-state index in [1.165, 1.54) is 23.8 Å². The molecule has 4 rings (SSSR count). The summed E-state index contributed by atoms with van der Waals surface area (Å²) in [6.07, 6.45) is 10.4. The number of hydrogen-bond donors (Lipinski definition) is 1. The van der Waals surface area contributed by atoms with Gasteiger partial charge in [-0.1, -0.05) is 56.0 Å². The highest BCUT2D eigenvalue weighted by Gasteiger charge is 2.31. The van der Waals surface area contributed by atoms with Gasteiger partial charge in [0.15, 0.2) is 0 Å². The lowest BCUT2D eigenvalue weighted by molar-refractivity contribution is -0.123. The van der Waals surface area contributed by atoms with Crippen molar-refractivity contribution < 1.29 is 14.3 Å². The Bertz CT molecular complexity index is 964. The molecule has 1 saturated heterocycles. The molecule has 0 radical (unpaired) electrons. The van der Waals surface area contributed by atoms with Crippen molar-refractivity contribution in [3.8, 4) is 5.75 Å². The van der Waals surface area contributed by atoms with E-state index in [2.05, 4.69) is 17.5 Å². The molecular weight excluding hydrogens is 440 g/mol. The predicted molar refractivity (Wildman–Crippen MR) is 135 cm³/mol. The number of rotatable bonds is 7. The van der Waals surface area contributed by atoms with Gasteiger partial charge in [-0.25, -0.2) is 0 Å². The highest BCUT2D eigenvalue weighted by Crippen LogP contribution is 2.38. The summed E-state index contributed by atoms with van der Waals surface area (Å²) in [5.74, 6) is 1.31. The van der Waals surface area contributed by atoms with E-state index in [0.717, 1.165) is 29.9 Å². The molecule has 1 aromatic carbocycles. The Morgan fingerprint density at radius 3 is 2.78 bits per heavy atom. The number of nitrogens with one attached hydrogen (secondary N) is 1. The van der Waals surface area contributed by atoms with Crippen LogP contribution in [0.3, 0.4) is 0 Å². The van der Waals surface area contributed by atoms with Gasteiger partial charge in [0, 0.05) is 24.6 Å². The number of methoxy groups -OCH3 is 1. The van der Waals surface area contributed by atoms with Gasteiger partial charge in [0.25, 0.3) is 5.91 Å². The fraction of sp³-hybridized carbons (Fsp3) is 0.400. The van der Waals surface area contributed by atoms with Crippen molar-refractivity contribution in [1.29, 1.82) is 0 Å². The Kier molecular flexibility index (Phi) is 8.70. The summed E-state index contributed by atoms with van der Waals surface area (Å²) in [4.78, 5) is 27.2. The van der Waals surface area contributed by atoms with Crippen LogP contribution in [0.4, 0.5) is 0 Å². The second-order valence-corrected chi connectivity index (χ2v) is 9.27. The zero-order chi connectivity index (χ0) is 23.1. The second kappa shape index (κ2) is 11.5. The van der Waals surface area contributed by atoms with Crippen molar-refractivity contribution in [3.05, 3.63) is 58.2 Å². The molecule has 3 aliphatic rings. The molecule has 170 valence electrons. The van der Waals surface area contributed by atoms with E-state index >= 15 is 0 Å². The Morgan fingerprint density at radius 2 is 2.06 bits per heavy atom. The summed E-state index contributed by atoms with van der Waals surface area (Å²) in [7, 11) is 1.62. The summed E-state index contributed by atoms with van der Waals surface area (Å²) in [5.41, 5.74) is 3.28. The minimum atomic E-state index is -0.0978. The standard InChI is InChI=1S/C23H24N2O3S2.C2H6/c1-28-19-9-7-15(8-10-19)12-20-22(27)25(23(29)30-20)11-3-6-21(26)24-18-5-2-4-16-13-17(16)14-18;1-2/h7-10,12-14,16H,2-6,11H2,1H3,(H,24,26);1-2H3/b20-12-;. The third-order valence-electron chi connectivity index (χ3n) is 5.39. The topological polar surface area (TPSA) is 58.6 Å². The van der Waals surface area contributed by atoms with Gasteiger partial charge >= 0.3 is 0 Å². The maximum Gasteiger partial charge on any atom is 0.266 e. The van der Waals surface area contributed by atoms with Crippen LogP contribution in [0.1, 0.15) is 51.5 Å². The number of fused-ring (bicyclic) bond motifs is 1. The van der Waals surface area contributed by atoms with Gasteiger partial charge in [0.05, 0.1) is 12.0 Å². The Labute approximate surface area is 200 Å². The maximum atomic E-state index is 12.7. The molecule has 1 unspecified atom stereocenters. The molecule has 32 heavy (non-hydrogen) atoms. The fourth-order valence-electron chi connectivity index (χ4n) is 3.66. The van der Waals surface area contributed by atoms with E-state index in [0.29, 0.717) is 34.5 Å². The molecule has 0 bridgehead atoms. The molecule has 1 aromatic rings. The van der Waals surface area contributed by atoms with Gasteiger partial charge in [-0.2, -0.15) is 0 Å². The Morgan fingerprint density at radius 1 is 1.31 bits per heavy atom. The van der Waals surface area contributed by atoms with Crippen LogP contribution in [0.2, 0.25) is 0 Å². The fourth-order valence-corrected chi connectivity index (χ4v) is 4.97. The average molecular weight is 471 g/mol. The minimum Gasteiger partial charge on any atom is -0.497 e. The molecule has 1 heterocycles. The van der Waals surface area contributed by atoms with E-state index in [9.17, 15) is 9.59 Å². The molecule has 0 aromatic heterocycles. The number of allylic oxidation sites excluding steroid dienone is 4. The molecule has 1 atom stereocenters. The van der Waals surface area contributed by atoms with Crippen LogP contribution in [0.5, 0.6) is 5.75 Å². The van der Waals surface area contributed by atoms with Crippen molar-refractivity contribution >= 4 is 46.2 Å². The lowest BCUT2D eigenvalue weighted by atomic mass is 10.1. The third-order valence-corrected chi connectivity index (χ3v) is 6.77. The Hall–Kier alpha value is -2.38. The van der Waals surface area contributed by atoms with Crippen LogP contribution in [0.15, 0.2) is 52.6 Å². The Balaban J connectivity index is 0.00000141. The van der Waals surface area contributed by atoms with Gasteiger partial charge in [0.1, 0.15) is 10.1 Å².